The molecule has 3 aliphatic rings. The van der Waals surface area contributed by atoms with E-state index in [2.05, 4.69) is 26.0 Å². The van der Waals surface area contributed by atoms with Crippen molar-refractivity contribution >= 4 is 35.1 Å². The van der Waals surface area contributed by atoms with E-state index in [9.17, 15) is 32.7 Å². The average molecular weight is 678 g/mol. The molecule has 0 unspecified atom stereocenters. The number of carbonyl (C=O) groups excluding carboxylic acids is 3. The van der Waals surface area contributed by atoms with E-state index >= 15 is 0 Å². The van der Waals surface area contributed by atoms with Gasteiger partial charge in [-0.15, -0.1) is 0 Å². The fourth-order valence-electron chi connectivity index (χ4n) is 5.84. The Bertz CT molecular complexity index is 1670. The second-order valence-electron chi connectivity index (χ2n) is 12.2. The molecule has 1 saturated carbocycles. The van der Waals surface area contributed by atoms with Gasteiger partial charge in [0.2, 0.25) is 0 Å². The van der Waals surface area contributed by atoms with Gasteiger partial charge in [0.25, 0.3) is 11.8 Å². The summed E-state index contributed by atoms with van der Waals surface area (Å²) in [6, 6.07) is 4.02. The molecule has 1 aliphatic carbocycles. The van der Waals surface area contributed by atoms with Gasteiger partial charge in [-0.3, -0.25) is 14.3 Å². The number of nitrogens with zero attached hydrogens (tertiary/aromatic N) is 6. The lowest BCUT2D eigenvalue weighted by molar-refractivity contribution is -0.141. The molecule has 2 saturated heterocycles. The van der Waals surface area contributed by atoms with Crippen LogP contribution < -0.4 is 16.0 Å². The second-order valence-corrected chi connectivity index (χ2v) is 12.6. The molecule has 0 atom stereocenters. The van der Waals surface area contributed by atoms with Crippen LogP contribution in [0, 0.1) is 0 Å². The number of piperidine rings is 1. The topological polar surface area (TPSA) is 150 Å². The van der Waals surface area contributed by atoms with Crippen LogP contribution >= 0.6 is 11.6 Å². The number of benzene rings is 1. The Hall–Kier alpha value is -4.15. The maximum Gasteiger partial charge on any atom is 0.435 e. The van der Waals surface area contributed by atoms with Crippen molar-refractivity contribution in [2.45, 2.75) is 43.5 Å². The van der Waals surface area contributed by atoms with E-state index in [1.165, 1.54) is 46.9 Å². The predicted octanol–water partition coefficient (Wildman–Crippen LogP) is 3.12. The van der Waals surface area contributed by atoms with Crippen LogP contribution in [0.5, 0.6) is 0 Å². The molecule has 17 heteroatoms. The molecular formula is C30H35ClF3N9O4. The zero-order chi connectivity index (χ0) is 33.5. The number of alkyl halides is 3. The van der Waals surface area contributed by atoms with Crippen LogP contribution in [0.1, 0.15) is 58.4 Å². The summed E-state index contributed by atoms with van der Waals surface area (Å²) in [4.78, 5) is 46.3. The van der Waals surface area contributed by atoms with Crippen molar-refractivity contribution in [3.8, 4) is 11.3 Å². The Kier molecular flexibility index (Phi) is 8.93. The molecule has 0 bridgehead atoms. The molecule has 4 N–H and O–H groups in total. The number of rotatable bonds is 7. The first-order valence-electron chi connectivity index (χ1n) is 15.4. The molecule has 1 aromatic carbocycles. The summed E-state index contributed by atoms with van der Waals surface area (Å²) in [5.74, 6) is -1.15. The van der Waals surface area contributed by atoms with Gasteiger partial charge in [-0.2, -0.15) is 18.3 Å². The highest BCUT2D eigenvalue weighted by atomic mass is 35.5. The molecule has 2 aromatic heterocycles. The third-order valence-electron chi connectivity index (χ3n) is 8.80. The number of imidazole rings is 1. The van der Waals surface area contributed by atoms with Gasteiger partial charge in [0, 0.05) is 51.7 Å². The molecule has 3 aromatic rings. The van der Waals surface area contributed by atoms with Gasteiger partial charge in [0.15, 0.2) is 11.5 Å². The minimum atomic E-state index is -4.68. The molecule has 4 amide bonds. The van der Waals surface area contributed by atoms with Crippen molar-refractivity contribution in [1.29, 1.82) is 0 Å². The van der Waals surface area contributed by atoms with Crippen molar-refractivity contribution in [2.24, 2.45) is 7.05 Å². The third kappa shape index (κ3) is 7.09. The van der Waals surface area contributed by atoms with Crippen LogP contribution in [0.15, 0.2) is 30.6 Å². The summed E-state index contributed by atoms with van der Waals surface area (Å²) in [6.45, 7) is 2.73. The molecule has 0 radical (unpaired) electrons. The molecule has 252 valence electrons. The third-order valence-corrected chi connectivity index (χ3v) is 9.12. The highest BCUT2D eigenvalue weighted by molar-refractivity contribution is 6.34. The summed E-state index contributed by atoms with van der Waals surface area (Å²) in [5.41, 5.74) is -1.57. The van der Waals surface area contributed by atoms with Gasteiger partial charge in [0.1, 0.15) is 0 Å². The number of hydrogen-bond acceptors (Lipinski definition) is 7. The maximum atomic E-state index is 13.8. The fraction of sp³-hybridized carbons (Fsp3) is 0.500. The number of amides is 4. The molecule has 4 heterocycles. The van der Waals surface area contributed by atoms with Gasteiger partial charge < -0.3 is 35.4 Å². The van der Waals surface area contributed by atoms with Crippen molar-refractivity contribution in [1.82, 2.24) is 39.8 Å². The highest BCUT2D eigenvalue weighted by Crippen LogP contribution is 2.41. The Morgan fingerprint density at radius 2 is 1.79 bits per heavy atom. The van der Waals surface area contributed by atoms with Gasteiger partial charge in [-0.05, 0) is 57.0 Å². The number of halogens is 4. The van der Waals surface area contributed by atoms with Crippen LogP contribution in [0.3, 0.4) is 0 Å². The first-order valence-corrected chi connectivity index (χ1v) is 15.8. The lowest BCUT2D eigenvalue weighted by atomic mass is 9.92. The Labute approximate surface area is 273 Å². The monoisotopic (exact) mass is 677 g/mol. The summed E-state index contributed by atoms with van der Waals surface area (Å²) >= 11 is 6.45. The number of hydrogen-bond donors (Lipinski definition) is 4. The van der Waals surface area contributed by atoms with E-state index in [4.69, 9.17) is 11.6 Å². The highest BCUT2D eigenvalue weighted by Gasteiger charge is 2.40. The van der Waals surface area contributed by atoms with Crippen LogP contribution in [0.2, 0.25) is 5.02 Å². The van der Waals surface area contributed by atoms with Crippen molar-refractivity contribution < 1.29 is 32.7 Å². The van der Waals surface area contributed by atoms with Gasteiger partial charge in [0.05, 0.1) is 39.7 Å². The summed E-state index contributed by atoms with van der Waals surface area (Å²) in [5, 5.41) is 23.1. The van der Waals surface area contributed by atoms with Crippen molar-refractivity contribution in [2.75, 3.05) is 51.1 Å². The lowest BCUT2D eigenvalue weighted by Gasteiger charge is -2.37. The fourth-order valence-corrected chi connectivity index (χ4v) is 6.10. The normalized spacial score (nSPS) is 18.3. The van der Waals surface area contributed by atoms with E-state index in [0.717, 1.165) is 12.8 Å². The van der Waals surface area contributed by atoms with Gasteiger partial charge in [-0.25, -0.2) is 9.78 Å². The quantitative estimate of drug-likeness (QED) is 0.300. The summed E-state index contributed by atoms with van der Waals surface area (Å²) in [6.07, 6.45) is 0.482. The first kappa shape index (κ1) is 32.8. The second kappa shape index (κ2) is 12.8. The minimum absolute atomic E-state index is 0.0684. The zero-order valence-electron chi connectivity index (χ0n) is 25.6. The number of anilines is 1. The van der Waals surface area contributed by atoms with Crippen molar-refractivity contribution in [3.05, 3.63) is 52.7 Å². The van der Waals surface area contributed by atoms with E-state index in [-0.39, 0.29) is 71.0 Å². The number of nitrogens with one attached hydrogen (secondary N) is 3. The van der Waals surface area contributed by atoms with E-state index in [1.54, 1.807) is 9.80 Å². The molecular weight excluding hydrogens is 643 g/mol. The predicted molar refractivity (Wildman–Crippen MR) is 165 cm³/mol. The zero-order valence-corrected chi connectivity index (χ0v) is 26.4. The molecule has 0 spiro atoms. The number of piperazine rings is 1. The summed E-state index contributed by atoms with van der Waals surface area (Å²) < 4.78 is 43.9. The maximum absolute atomic E-state index is 13.8. The molecule has 13 nitrogen and oxygen atoms in total. The van der Waals surface area contributed by atoms with Gasteiger partial charge >= 0.3 is 12.2 Å². The largest absolute Gasteiger partial charge is 0.435 e. The Morgan fingerprint density at radius 3 is 2.43 bits per heavy atom. The lowest BCUT2D eigenvalue weighted by Crippen LogP contribution is -2.56. The van der Waals surface area contributed by atoms with Gasteiger partial charge in [-0.1, -0.05) is 11.6 Å². The van der Waals surface area contributed by atoms with Crippen LogP contribution in [0.4, 0.5) is 23.7 Å². The standard InChI is InChI=1S/C30H35ClF3N9O4/c1-40-23(21-16-43(19-3-4-19)39-24(21)30(32,33)34)15-36-25(40)26(44)38-18-2-5-20(22(31)14-18)27(45)41-10-12-42(13-11-41)28(46)37-17-29(47)6-8-35-9-7-29/h2,5,14-16,19,35,47H,3-4,6-13,17H2,1H3,(H,37,46)(H,38,44). The van der Waals surface area contributed by atoms with E-state index in [0.29, 0.717) is 39.0 Å². The first-order chi connectivity index (χ1) is 22.3. The Balaban J connectivity index is 1.06. The van der Waals surface area contributed by atoms with Crippen LogP contribution in [-0.4, -0.2) is 103 Å². The molecule has 3 fully saturated rings. The van der Waals surface area contributed by atoms with Crippen LogP contribution in [-0.2, 0) is 13.2 Å². The van der Waals surface area contributed by atoms with Crippen molar-refractivity contribution in [3.63, 3.8) is 0 Å². The SMILES string of the molecule is Cn1c(-c2cn(C3CC3)nc2C(F)(F)F)cnc1C(=O)Nc1ccc(C(=O)N2CCN(C(=O)NCC3(O)CCNCC3)CC2)c(Cl)c1. The molecule has 2 aliphatic heterocycles. The average Bonchev–Trinajstić information content (AvgIpc) is 3.67. The Morgan fingerprint density at radius 1 is 1.11 bits per heavy atom. The van der Waals surface area contributed by atoms with E-state index < -0.39 is 23.4 Å². The van der Waals surface area contributed by atoms with Crippen LogP contribution in [0.25, 0.3) is 11.3 Å². The molecule has 47 heavy (non-hydrogen) atoms. The molecule has 6 rings (SSSR count). The number of carbonyl (C=O) groups is 3. The number of urea groups is 1. The number of aromatic nitrogens is 4. The smallest absolute Gasteiger partial charge is 0.388 e. The summed E-state index contributed by atoms with van der Waals surface area (Å²) in [7, 11) is 1.45. The minimum Gasteiger partial charge on any atom is -0.388 e. The van der Waals surface area contributed by atoms with E-state index in [1.807, 2.05) is 0 Å². The number of aliphatic hydroxyl groups is 1.